The lowest BCUT2D eigenvalue weighted by molar-refractivity contribution is -0.402. The van der Waals surface area contributed by atoms with Crippen LogP contribution in [0.1, 0.15) is 17.5 Å². The Morgan fingerprint density at radius 1 is 1.67 bits per heavy atom. The minimum Gasteiger partial charge on any atom is -0.395 e. The number of amides is 1. The Bertz CT molecular complexity index is 408. The molecule has 6 nitrogen and oxygen atoms in total. The molecule has 6 heteroatoms. The van der Waals surface area contributed by atoms with E-state index in [1.807, 2.05) is 0 Å². The third kappa shape index (κ3) is 2.94. The van der Waals surface area contributed by atoms with Crippen LogP contribution < -0.4 is 5.32 Å². The van der Waals surface area contributed by atoms with Gasteiger partial charge in [-0.15, -0.1) is 0 Å². The standard InChI is InChI=1S/C9H10N2O4/c1-6(2)5-10-9(12)7-3-4-8(15-7)11(13)14/h3-4H,1,5H2,2H3,(H,10,12). The van der Waals surface area contributed by atoms with E-state index in [9.17, 15) is 14.9 Å². The van der Waals surface area contributed by atoms with Crippen molar-refractivity contribution in [3.05, 3.63) is 40.2 Å². The summed E-state index contributed by atoms with van der Waals surface area (Å²) in [5.74, 6) is -1.02. The molecule has 0 atom stereocenters. The summed E-state index contributed by atoms with van der Waals surface area (Å²) in [5, 5.41) is 12.8. The van der Waals surface area contributed by atoms with E-state index in [-0.39, 0.29) is 5.76 Å². The van der Waals surface area contributed by atoms with Crippen LogP contribution in [0.3, 0.4) is 0 Å². The SMILES string of the molecule is C=C(C)CNC(=O)c1ccc([N+](=O)[O-])o1. The summed E-state index contributed by atoms with van der Waals surface area (Å²) in [7, 11) is 0. The number of nitrogens with one attached hydrogen (secondary N) is 1. The maximum atomic E-state index is 11.3. The number of furan rings is 1. The topological polar surface area (TPSA) is 85.4 Å². The number of carbonyl (C=O) groups is 1. The van der Waals surface area contributed by atoms with Gasteiger partial charge in [0.05, 0.1) is 6.07 Å². The lowest BCUT2D eigenvalue weighted by Crippen LogP contribution is -2.24. The molecule has 0 saturated heterocycles. The van der Waals surface area contributed by atoms with Gasteiger partial charge in [0, 0.05) is 6.54 Å². The summed E-state index contributed by atoms with van der Waals surface area (Å²) >= 11 is 0. The van der Waals surface area contributed by atoms with Crippen molar-refractivity contribution in [3.8, 4) is 0 Å². The van der Waals surface area contributed by atoms with Crippen LogP contribution in [0.2, 0.25) is 0 Å². The molecule has 1 aromatic rings. The number of nitro groups is 1. The maximum absolute atomic E-state index is 11.3. The summed E-state index contributed by atoms with van der Waals surface area (Å²) in [6.07, 6.45) is 0. The van der Waals surface area contributed by atoms with Gasteiger partial charge in [0.2, 0.25) is 0 Å². The molecular formula is C9H10N2O4. The first-order chi connectivity index (χ1) is 7.00. The van der Waals surface area contributed by atoms with Crippen LogP contribution in [0, 0.1) is 10.1 Å². The maximum Gasteiger partial charge on any atom is 0.433 e. The Morgan fingerprint density at radius 2 is 2.33 bits per heavy atom. The van der Waals surface area contributed by atoms with E-state index in [4.69, 9.17) is 4.42 Å². The smallest absolute Gasteiger partial charge is 0.395 e. The molecule has 15 heavy (non-hydrogen) atoms. The highest BCUT2D eigenvalue weighted by molar-refractivity contribution is 5.91. The second-order valence-electron chi connectivity index (χ2n) is 3.03. The van der Waals surface area contributed by atoms with Crippen LogP contribution in [0.25, 0.3) is 0 Å². The second-order valence-corrected chi connectivity index (χ2v) is 3.03. The van der Waals surface area contributed by atoms with Gasteiger partial charge in [0.15, 0.2) is 5.76 Å². The van der Waals surface area contributed by atoms with E-state index in [0.29, 0.717) is 6.54 Å². The van der Waals surface area contributed by atoms with Crippen molar-refractivity contribution in [1.82, 2.24) is 5.32 Å². The van der Waals surface area contributed by atoms with E-state index >= 15 is 0 Å². The van der Waals surface area contributed by atoms with Gasteiger partial charge in [-0.1, -0.05) is 12.2 Å². The van der Waals surface area contributed by atoms with Gasteiger partial charge < -0.3 is 9.73 Å². The van der Waals surface area contributed by atoms with Crippen LogP contribution in [-0.2, 0) is 0 Å². The first-order valence-electron chi connectivity index (χ1n) is 4.17. The van der Waals surface area contributed by atoms with E-state index in [1.165, 1.54) is 6.07 Å². The van der Waals surface area contributed by atoms with Crippen molar-refractivity contribution in [2.75, 3.05) is 6.54 Å². The molecule has 0 saturated carbocycles. The number of nitrogens with zero attached hydrogens (tertiary/aromatic N) is 1. The third-order valence-electron chi connectivity index (χ3n) is 1.55. The zero-order valence-electron chi connectivity index (χ0n) is 8.15. The zero-order valence-corrected chi connectivity index (χ0v) is 8.15. The normalized spacial score (nSPS) is 9.67. The molecule has 0 bridgehead atoms. The number of hydrogen-bond donors (Lipinski definition) is 1. The quantitative estimate of drug-likeness (QED) is 0.463. The first-order valence-corrected chi connectivity index (χ1v) is 4.17. The predicted octanol–water partition coefficient (Wildman–Crippen LogP) is 1.49. The third-order valence-corrected chi connectivity index (χ3v) is 1.55. The Balaban J connectivity index is 2.66. The fourth-order valence-electron chi connectivity index (χ4n) is 0.866. The fourth-order valence-corrected chi connectivity index (χ4v) is 0.866. The van der Waals surface area contributed by atoms with Gasteiger partial charge in [0.25, 0.3) is 5.91 Å². The van der Waals surface area contributed by atoms with Crippen molar-refractivity contribution < 1.29 is 14.1 Å². The Kier molecular flexibility index (Phi) is 3.22. The molecule has 0 fully saturated rings. The van der Waals surface area contributed by atoms with Crippen LogP contribution in [0.5, 0.6) is 0 Å². The number of carbonyl (C=O) groups excluding carboxylic acids is 1. The summed E-state index contributed by atoms with van der Waals surface area (Å²) in [6, 6.07) is 2.39. The van der Waals surface area contributed by atoms with E-state index < -0.39 is 16.7 Å². The van der Waals surface area contributed by atoms with Gasteiger partial charge in [-0.05, 0) is 13.0 Å². The molecule has 1 rings (SSSR count). The highest BCUT2D eigenvalue weighted by Crippen LogP contribution is 2.15. The molecule has 0 radical (unpaired) electrons. The molecule has 0 aromatic carbocycles. The number of hydrogen-bond acceptors (Lipinski definition) is 4. The van der Waals surface area contributed by atoms with Gasteiger partial charge in [-0.2, -0.15) is 0 Å². The highest BCUT2D eigenvalue weighted by Gasteiger charge is 2.16. The summed E-state index contributed by atoms with van der Waals surface area (Å²) in [4.78, 5) is 20.9. The highest BCUT2D eigenvalue weighted by atomic mass is 16.6. The van der Waals surface area contributed by atoms with Crippen molar-refractivity contribution in [2.45, 2.75) is 6.92 Å². The van der Waals surface area contributed by atoms with Gasteiger partial charge in [-0.3, -0.25) is 14.9 Å². The number of rotatable bonds is 4. The molecule has 1 N–H and O–H groups in total. The Labute approximate surface area is 85.7 Å². The molecular weight excluding hydrogens is 200 g/mol. The van der Waals surface area contributed by atoms with Crippen LogP contribution in [-0.4, -0.2) is 17.4 Å². The monoisotopic (exact) mass is 210 g/mol. The molecule has 0 spiro atoms. The predicted molar refractivity (Wildman–Crippen MR) is 52.5 cm³/mol. The van der Waals surface area contributed by atoms with Crippen molar-refractivity contribution >= 4 is 11.8 Å². The fraction of sp³-hybridized carbons (Fsp3) is 0.222. The van der Waals surface area contributed by atoms with E-state index in [0.717, 1.165) is 11.6 Å². The zero-order chi connectivity index (χ0) is 11.4. The van der Waals surface area contributed by atoms with Gasteiger partial charge >= 0.3 is 5.88 Å². The molecule has 0 unspecified atom stereocenters. The van der Waals surface area contributed by atoms with Crippen molar-refractivity contribution in [2.24, 2.45) is 0 Å². The van der Waals surface area contributed by atoms with Crippen LogP contribution in [0.4, 0.5) is 5.88 Å². The molecule has 1 heterocycles. The lowest BCUT2D eigenvalue weighted by atomic mass is 10.3. The van der Waals surface area contributed by atoms with Crippen molar-refractivity contribution in [1.29, 1.82) is 0 Å². The van der Waals surface area contributed by atoms with Gasteiger partial charge in [0.1, 0.15) is 4.92 Å². The first kappa shape index (κ1) is 11.0. The summed E-state index contributed by atoms with van der Waals surface area (Å²) < 4.78 is 4.70. The van der Waals surface area contributed by atoms with Crippen molar-refractivity contribution in [3.63, 3.8) is 0 Å². The molecule has 0 aliphatic carbocycles. The van der Waals surface area contributed by atoms with E-state index in [1.54, 1.807) is 6.92 Å². The minimum atomic E-state index is -0.699. The summed E-state index contributed by atoms with van der Waals surface area (Å²) in [6.45, 7) is 5.67. The molecule has 0 aliphatic heterocycles. The second kappa shape index (κ2) is 4.41. The molecule has 1 amide bonds. The average molecular weight is 210 g/mol. The molecule has 0 aliphatic rings. The Hall–Kier alpha value is -2.11. The Morgan fingerprint density at radius 3 is 2.80 bits per heavy atom. The summed E-state index contributed by atoms with van der Waals surface area (Å²) in [5.41, 5.74) is 0.782. The van der Waals surface area contributed by atoms with Crippen LogP contribution in [0.15, 0.2) is 28.7 Å². The van der Waals surface area contributed by atoms with Gasteiger partial charge in [-0.25, -0.2) is 0 Å². The molecule has 1 aromatic heterocycles. The average Bonchev–Trinajstić information content (AvgIpc) is 2.62. The molecule has 80 valence electrons. The minimum absolute atomic E-state index is 0.0806. The lowest BCUT2D eigenvalue weighted by Gasteiger charge is -2.00. The largest absolute Gasteiger partial charge is 0.433 e. The van der Waals surface area contributed by atoms with Crippen LogP contribution >= 0.6 is 0 Å². The van der Waals surface area contributed by atoms with E-state index in [2.05, 4.69) is 11.9 Å².